The van der Waals surface area contributed by atoms with Gasteiger partial charge in [0.15, 0.2) is 0 Å². The second-order valence-electron chi connectivity index (χ2n) is 9.20. The van der Waals surface area contributed by atoms with Crippen molar-refractivity contribution in [2.45, 2.75) is 77.9 Å². The quantitative estimate of drug-likeness (QED) is 0.517. The van der Waals surface area contributed by atoms with Crippen LogP contribution in [0.1, 0.15) is 65.7 Å². The van der Waals surface area contributed by atoms with Crippen LogP contribution in [-0.2, 0) is 0 Å². The van der Waals surface area contributed by atoms with Crippen LogP contribution in [0.5, 0.6) is 0 Å². The molecule has 24 heavy (non-hydrogen) atoms. The number of rotatable bonds is 0. The highest BCUT2D eigenvalue weighted by atomic mass is 16.3. The van der Waals surface area contributed by atoms with E-state index in [9.17, 15) is 10.2 Å². The summed E-state index contributed by atoms with van der Waals surface area (Å²) in [4.78, 5) is 0. The van der Waals surface area contributed by atoms with E-state index in [0.717, 1.165) is 37.5 Å². The lowest BCUT2D eigenvalue weighted by Gasteiger charge is -2.56. The first-order valence-electron chi connectivity index (χ1n) is 9.82. The van der Waals surface area contributed by atoms with Crippen molar-refractivity contribution in [3.05, 3.63) is 11.1 Å². The van der Waals surface area contributed by atoms with Gasteiger partial charge in [-0.25, -0.2) is 0 Å². The Morgan fingerprint density at radius 2 is 1.71 bits per heavy atom. The molecule has 4 rings (SSSR count). The van der Waals surface area contributed by atoms with E-state index in [-0.39, 0.29) is 17.6 Å². The molecule has 0 amide bonds. The predicted molar refractivity (Wildman–Crippen MR) is 98.2 cm³/mol. The van der Waals surface area contributed by atoms with Gasteiger partial charge >= 0.3 is 0 Å². The summed E-state index contributed by atoms with van der Waals surface area (Å²) in [7, 11) is 0. The molecule has 2 nitrogen and oxygen atoms in total. The van der Waals surface area contributed by atoms with E-state index in [0.29, 0.717) is 17.8 Å². The summed E-state index contributed by atoms with van der Waals surface area (Å²) >= 11 is 0. The maximum Gasteiger partial charge on any atom is 0.0596 e. The number of fused-ring (bicyclic) bond motifs is 4. The molecule has 0 spiro atoms. The molecule has 2 heteroatoms. The third-order valence-electron chi connectivity index (χ3n) is 7.92. The molecule has 8 atom stereocenters. The first kappa shape index (κ1) is 18.0. The first-order valence-corrected chi connectivity index (χ1v) is 9.82. The van der Waals surface area contributed by atoms with Gasteiger partial charge in [0, 0.05) is 0 Å². The van der Waals surface area contributed by atoms with Gasteiger partial charge in [-0.05, 0) is 80.0 Å². The number of hydrogen-bond acceptors (Lipinski definition) is 2. The summed E-state index contributed by atoms with van der Waals surface area (Å²) in [6, 6.07) is 0. The van der Waals surface area contributed by atoms with Gasteiger partial charge in [0.1, 0.15) is 0 Å². The second-order valence-corrected chi connectivity index (χ2v) is 9.20. The van der Waals surface area contributed by atoms with Gasteiger partial charge < -0.3 is 10.2 Å². The van der Waals surface area contributed by atoms with Crippen LogP contribution in [0, 0.1) is 47.9 Å². The zero-order chi connectivity index (χ0) is 17.6. The molecule has 0 radical (unpaired) electrons. The fourth-order valence-corrected chi connectivity index (χ4v) is 7.10. The smallest absolute Gasteiger partial charge is 0.0596 e. The average molecular weight is 331 g/mol. The summed E-state index contributed by atoms with van der Waals surface area (Å²) in [6.07, 6.45) is 15.5. The molecule has 0 aliphatic heterocycles. The molecule has 0 bridgehead atoms. The van der Waals surface area contributed by atoms with E-state index in [1.807, 2.05) is 0 Å². The summed E-state index contributed by atoms with van der Waals surface area (Å²) in [5.41, 5.74) is 3.48. The third-order valence-corrected chi connectivity index (χ3v) is 7.92. The standard InChI is InChI=1S/C20H32O2.C2H2/c1-11-8-13-9-14(21)4-5-15(13)18-12(2)10-20(3)16(19(11)18)6-7-17(20)22;1-2/h11-12,14,16-19,21-22H,4-10H2,1-3H3;1-2H. The first-order chi connectivity index (χ1) is 11.4. The lowest BCUT2D eigenvalue weighted by atomic mass is 9.49. The Bertz CT molecular complexity index is 533. The van der Waals surface area contributed by atoms with E-state index >= 15 is 0 Å². The normalized spacial score (nSPS) is 50.2. The van der Waals surface area contributed by atoms with Gasteiger partial charge in [0.2, 0.25) is 0 Å². The Hall–Kier alpha value is -0.780. The molecule has 0 aromatic carbocycles. The van der Waals surface area contributed by atoms with E-state index in [2.05, 4.69) is 33.6 Å². The fraction of sp³-hybridized carbons (Fsp3) is 0.818. The number of terminal acetylenes is 1. The average Bonchev–Trinajstić information content (AvgIpc) is 2.84. The number of aliphatic hydroxyl groups is 2. The van der Waals surface area contributed by atoms with Crippen LogP contribution in [0.25, 0.3) is 0 Å². The Kier molecular flexibility index (Phi) is 4.89. The van der Waals surface area contributed by atoms with Crippen LogP contribution in [0.2, 0.25) is 0 Å². The maximum atomic E-state index is 10.6. The van der Waals surface area contributed by atoms with Gasteiger partial charge in [-0.3, -0.25) is 0 Å². The zero-order valence-electron chi connectivity index (χ0n) is 15.5. The van der Waals surface area contributed by atoms with Gasteiger partial charge in [0.05, 0.1) is 12.2 Å². The SMILES string of the molecule is C#C.CC1CC2(C)C(O)CCC2C2C(C)CC3=C(CCC(O)C3)C12. The summed E-state index contributed by atoms with van der Waals surface area (Å²) in [6.45, 7) is 7.23. The third kappa shape index (κ3) is 2.56. The van der Waals surface area contributed by atoms with E-state index in [1.165, 1.54) is 19.3 Å². The highest BCUT2D eigenvalue weighted by Crippen LogP contribution is 2.64. The minimum atomic E-state index is -0.0973. The molecule has 2 fully saturated rings. The predicted octanol–water partition coefficient (Wildman–Crippen LogP) is 4.17. The lowest BCUT2D eigenvalue weighted by Crippen LogP contribution is -2.51. The molecule has 4 aliphatic rings. The van der Waals surface area contributed by atoms with E-state index in [1.54, 1.807) is 11.1 Å². The molecule has 0 aromatic rings. The van der Waals surface area contributed by atoms with Crippen molar-refractivity contribution in [3.63, 3.8) is 0 Å². The summed E-state index contributed by atoms with van der Waals surface area (Å²) in [5.74, 6) is 3.60. The molecule has 2 saturated carbocycles. The van der Waals surface area contributed by atoms with Gasteiger partial charge in [0.25, 0.3) is 0 Å². The Labute approximate surface area is 147 Å². The molecular formula is C22H34O2. The summed E-state index contributed by atoms with van der Waals surface area (Å²) in [5, 5.41) is 20.7. The molecule has 0 heterocycles. The van der Waals surface area contributed by atoms with Gasteiger partial charge in [-0.15, -0.1) is 12.8 Å². The van der Waals surface area contributed by atoms with Crippen LogP contribution < -0.4 is 0 Å². The van der Waals surface area contributed by atoms with Crippen LogP contribution in [0.3, 0.4) is 0 Å². The van der Waals surface area contributed by atoms with Crippen LogP contribution >= 0.6 is 0 Å². The number of hydrogen-bond donors (Lipinski definition) is 2. The monoisotopic (exact) mass is 330 g/mol. The Morgan fingerprint density at radius 1 is 1.00 bits per heavy atom. The largest absolute Gasteiger partial charge is 0.393 e. The number of allylic oxidation sites excluding steroid dienone is 1. The van der Waals surface area contributed by atoms with E-state index in [4.69, 9.17) is 0 Å². The van der Waals surface area contributed by atoms with Crippen LogP contribution in [0.15, 0.2) is 11.1 Å². The lowest BCUT2D eigenvalue weighted by molar-refractivity contribution is -0.0710. The van der Waals surface area contributed by atoms with Crippen LogP contribution in [0.4, 0.5) is 0 Å². The van der Waals surface area contributed by atoms with Crippen molar-refractivity contribution in [2.24, 2.45) is 35.0 Å². The van der Waals surface area contributed by atoms with Crippen molar-refractivity contribution in [1.82, 2.24) is 0 Å². The second kappa shape index (κ2) is 6.50. The number of aliphatic hydroxyl groups excluding tert-OH is 2. The van der Waals surface area contributed by atoms with E-state index < -0.39 is 0 Å². The Balaban J connectivity index is 0.000000815. The zero-order valence-corrected chi connectivity index (χ0v) is 15.5. The molecular weight excluding hydrogens is 296 g/mol. The molecule has 4 aliphatic carbocycles. The Morgan fingerprint density at radius 3 is 2.42 bits per heavy atom. The molecule has 2 N–H and O–H groups in total. The maximum absolute atomic E-state index is 10.6. The molecule has 0 aromatic heterocycles. The van der Waals surface area contributed by atoms with Crippen molar-refractivity contribution in [3.8, 4) is 12.8 Å². The molecule has 134 valence electrons. The van der Waals surface area contributed by atoms with Crippen LogP contribution in [-0.4, -0.2) is 22.4 Å². The van der Waals surface area contributed by atoms with Crippen molar-refractivity contribution < 1.29 is 10.2 Å². The minimum absolute atomic E-state index is 0.0864. The van der Waals surface area contributed by atoms with Gasteiger partial charge in [-0.1, -0.05) is 31.9 Å². The highest BCUT2D eigenvalue weighted by molar-refractivity contribution is 5.29. The fourth-order valence-electron chi connectivity index (χ4n) is 7.10. The molecule has 8 unspecified atom stereocenters. The minimum Gasteiger partial charge on any atom is -0.393 e. The van der Waals surface area contributed by atoms with Crippen molar-refractivity contribution in [1.29, 1.82) is 0 Å². The van der Waals surface area contributed by atoms with Gasteiger partial charge in [-0.2, -0.15) is 0 Å². The highest BCUT2D eigenvalue weighted by Gasteiger charge is 2.58. The topological polar surface area (TPSA) is 40.5 Å². The molecule has 0 saturated heterocycles. The summed E-state index contributed by atoms with van der Waals surface area (Å²) < 4.78 is 0. The van der Waals surface area contributed by atoms with Crippen molar-refractivity contribution >= 4 is 0 Å². The van der Waals surface area contributed by atoms with Crippen molar-refractivity contribution in [2.75, 3.05) is 0 Å².